The quantitative estimate of drug-likeness (QED) is 0.499. The lowest BCUT2D eigenvalue weighted by Crippen LogP contribution is -2.33. The highest BCUT2D eigenvalue weighted by Gasteiger charge is 2.21. The molecule has 0 aliphatic carbocycles. The zero-order chi connectivity index (χ0) is 18.2. The highest BCUT2D eigenvalue weighted by molar-refractivity contribution is 6.22. The Morgan fingerprint density at radius 1 is 1.04 bits per heavy atom. The molecule has 0 spiro atoms. The number of hydrogen-bond donors (Lipinski definition) is 1. The van der Waals surface area contributed by atoms with Gasteiger partial charge in [-0.25, -0.2) is 4.79 Å². The number of benzene rings is 2. The molecular formula is C20H21NO4. The summed E-state index contributed by atoms with van der Waals surface area (Å²) in [6.07, 6.45) is 0.815. The minimum atomic E-state index is -0.887. The molecule has 1 N–H and O–H groups in total. The summed E-state index contributed by atoms with van der Waals surface area (Å²) in [6.45, 7) is 1.53. The van der Waals surface area contributed by atoms with Crippen LogP contribution in [0.15, 0.2) is 54.6 Å². The first-order chi connectivity index (χ1) is 12.1. The third kappa shape index (κ3) is 4.70. The Hall–Kier alpha value is -3.08. The van der Waals surface area contributed by atoms with Crippen LogP contribution in [0.25, 0.3) is 11.6 Å². The number of para-hydroxylation sites is 1. The van der Waals surface area contributed by atoms with Gasteiger partial charge in [-0.1, -0.05) is 48.5 Å². The molecule has 1 atom stereocenters. The van der Waals surface area contributed by atoms with Crippen molar-refractivity contribution in [1.29, 1.82) is 0 Å². The van der Waals surface area contributed by atoms with Crippen LogP contribution in [0.2, 0.25) is 0 Å². The third-order valence-electron chi connectivity index (χ3n) is 3.64. The molecule has 5 nitrogen and oxygen atoms in total. The van der Waals surface area contributed by atoms with Crippen molar-refractivity contribution in [3.05, 3.63) is 65.7 Å². The fourth-order valence-corrected chi connectivity index (χ4v) is 2.30. The van der Waals surface area contributed by atoms with Crippen LogP contribution in [0.4, 0.5) is 0 Å². The maximum absolute atomic E-state index is 12.7. The number of nitrogens with one attached hydrogen (secondary N) is 1. The van der Waals surface area contributed by atoms with Crippen molar-refractivity contribution in [2.24, 2.45) is 0 Å². The van der Waals surface area contributed by atoms with Gasteiger partial charge in [0.1, 0.15) is 5.75 Å². The minimum absolute atomic E-state index is 0.348. The van der Waals surface area contributed by atoms with E-state index in [9.17, 15) is 9.59 Å². The summed E-state index contributed by atoms with van der Waals surface area (Å²) >= 11 is 0. The second kappa shape index (κ2) is 8.68. The van der Waals surface area contributed by atoms with E-state index in [1.54, 1.807) is 13.2 Å². The molecule has 0 heterocycles. The molecule has 1 amide bonds. The molecule has 2 aromatic rings. The average Bonchev–Trinajstić information content (AvgIpc) is 2.66. The van der Waals surface area contributed by atoms with Gasteiger partial charge < -0.3 is 14.8 Å². The Morgan fingerprint density at radius 2 is 1.68 bits per heavy atom. The molecule has 0 bridgehead atoms. The summed E-state index contributed by atoms with van der Waals surface area (Å²) < 4.78 is 10.6. The Morgan fingerprint density at radius 3 is 2.32 bits per heavy atom. The lowest BCUT2D eigenvalue weighted by molar-refractivity contribution is -0.149. The predicted octanol–water partition coefficient (Wildman–Crippen LogP) is 2.91. The van der Waals surface area contributed by atoms with Crippen molar-refractivity contribution in [3.8, 4) is 5.75 Å². The molecule has 0 unspecified atom stereocenters. The van der Waals surface area contributed by atoms with Crippen LogP contribution in [0, 0.1) is 0 Å². The topological polar surface area (TPSA) is 64.6 Å². The smallest absolute Gasteiger partial charge is 0.339 e. The van der Waals surface area contributed by atoms with E-state index in [-0.39, 0.29) is 5.91 Å². The van der Waals surface area contributed by atoms with Crippen molar-refractivity contribution >= 4 is 23.5 Å². The SMILES string of the molecule is CNC(=O)[C@@H](C)OC(=O)/C(=C/c1ccccc1OC)c1ccccc1. The Bertz CT molecular complexity index is 768. The normalized spacial score (nSPS) is 12.2. The lowest BCUT2D eigenvalue weighted by atomic mass is 10.0. The van der Waals surface area contributed by atoms with E-state index in [2.05, 4.69) is 5.32 Å². The van der Waals surface area contributed by atoms with Gasteiger partial charge in [0.2, 0.25) is 0 Å². The van der Waals surface area contributed by atoms with Gasteiger partial charge in [0.25, 0.3) is 5.91 Å². The van der Waals surface area contributed by atoms with Gasteiger partial charge >= 0.3 is 5.97 Å². The molecule has 0 aromatic heterocycles. The van der Waals surface area contributed by atoms with Crippen molar-refractivity contribution in [2.75, 3.05) is 14.2 Å². The number of carbonyl (C=O) groups excluding carboxylic acids is 2. The molecule has 0 radical (unpaired) electrons. The molecule has 2 aromatic carbocycles. The second-order valence-electron chi connectivity index (χ2n) is 5.33. The minimum Gasteiger partial charge on any atom is -0.496 e. The number of methoxy groups -OCH3 is 1. The first-order valence-electron chi connectivity index (χ1n) is 7.89. The number of carbonyl (C=O) groups is 2. The van der Waals surface area contributed by atoms with E-state index in [1.807, 2.05) is 54.6 Å². The predicted molar refractivity (Wildman–Crippen MR) is 96.9 cm³/mol. The highest BCUT2D eigenvalue weighted by atomic mass is 16.5. The third-order valence-corrected chi connectivity index (χ3v) is 3.64. The van der Waals surface area contributed by atoms with E-state index >= 15 is 0 Å². The molecule has 130 valence electrons. The zero-order valence-electron chi connectivity index (χ0n) is 14.5. The molecule has 0 fully saturated rings. The zero-order valence-corrected chi connectivity index (χ0v) is 14.5. The highest BCUT2D eigenvalue weighted by Crippen LogP contribution is 2.25. The number of rotatable bonds is 6. The number of esters is 1. The maximum Gasteiger partial charge on any atom is 0.339 e. The van der Waals surface area contributed by atoms with Crippen LogP contribution in [0.1, 0.15) is 18.1 Å². The van der Waals surface area contributed by atoms with Gasteiger partial charge in [-0.05, 0) is 24.6 Å². The van der Waals surface area contributed by atoms with Crippen LogP contribution in [-0.2, 0) is 14.3 Å². The summed E-state index contributed by atoms with van der Waals surface area (Å²) in [5.41, 5.74) is 1.79. The van der Waals surface area contributed by atoms with Crippen LogP contribution in [0.3, 0.4) is 0 Å². The van der Waals surface area contributed by atoms with Crippen LogP contribution in [0.5, 0.6) is 5.75 Å². The standard InChI is InChI=1S/C20H21NO4/c1-14(19(22)21-2)25-20(23)17(15-9-5-4-6-10-15)13-16-11-7-8-12-18(16)24-3/h4-14H,1-3H3,(H,21,22)/b17-13+/t14-/m1/s1. The Balaban J connectivity index is 2.42. The molecule has 0 saturated carbocycles. The first-order valence-corrected chi connectivity index (χ1v) is 7.89. The fourth-order valence-electron chi connectivity index (χ4n) is 2.30. The van der Waals surface area contributed by atoms with Crippen LogP contribution >= 0.6 is 0 Å². The fraction of sp³-hybridized carbons (Fsp3) is 0.200. The van der Waals surface area contributed by atoms with Crippen molar-refractivity contribution in [2.45, 2.75) is 13.0 Å². The van der Waals surface area contributed by atoms with Gasteiger partial charge in [0.15, 0.2) is 6.10 Å². The molecular weight excluding hydrogens is 318 g/mol. The Labute approximate surface area is 147 Å². The molecule has 2 rings (SSSR count). The van der Waals surface area contributed by atoms with Gasteiger partial charge in [-0.2, -0.15) is 0 Å². The summed E-state index contributed by atoms with van der Waals surface area (Å²) in [6, 6.07) is 16.5. The monoisotopic (exact) mass is 339 g/mol. The number of ether oxygens (including phenoxy) is 2. The van der Waals surface area contributed by atoms with Gasteiger partial charge in [0.05, 0.1) is 12.7 Å². The first kappa shape index (κ1) is 18.3. The summed E-state index contributed by atoms with van der Waals surface area (Å²) in [4.78, 5) is 24.3. The number of amides is 1. The lowest BCUT2D eigenvalue weighted by Gasteiger charge is -2.14. The summed E-state index contributed by atoms with van der Waals surface area (Å²) in [5, 5.41) is 2.46. The van der Waals surface area contributed by atoms with E-state index in [0.29, 0.717) is 16.9 Å². The van der Waals surface area contributed by atoms with E-state index in [0.717, 1.165) is 5.56 Å². The number of likely N-dealkylation sites (N-methyl/N-ethyl adjacent to an activating group) is 1. The van der Waals surface area contributed by atoms with E-state index in [1.165, 1.54) is 14.0 Å². The Kier molecular flexibility index (Phi) is 6.34. The van der Waals surface area contributed by atoms with Gasteiger partial charge in [-0.15, -0.1) is 0 Å². The maximum atomic E-state index is 12.7. The van der Waals surface area contributed by atoms with Crippen molar-refractivity contribution < 1.29 is 19.1 Å². The van der Waals surface area contributed by atoms with Crippen LogP contribution < -0.4 is 10.1 Å². The van der Waals surface area contributed by atoms with E-state index in [4.69, 9.17) is 9.47 Å². The van der Waals surface area contributed by atoms with Gasteiger partial charge in [-0.3, -0.25) is 4.79 Å². The molecule has 5 heteroatoms. The molecule has 0 aliphatic heterocycles. The van der Waals surface area contributed by atoms with Crippen LogP contribution in [-0.4, -0.2) is 32.1 Å². The van der Waals surface area contributed by atoms with Crippen molar-refractivity contribution in [1.82, 2.24) is 5.32 Å². The average molecular weight is 339 g/mol. The molecule has 0 saturated heterocycles. The second-order valence-corrected chi connectivity index (χ2v) is 5.33. The van der Waals surface area contributed by atoms with E-state index < -0.39 is 12.1 Å². The van der Waals surface area contributed by atoms with Crippen molar-refractivity contribution in [3.63, 3.8) is 0 Å². The largest absolute Gasteiger partial charge is 0.496 e. The summed E-state index contributed by atoms with van der Waals surface area (Å²) in [7, 11) is 3.07. The molecule has 0 aliphatic rings. The summed E-state index contributed by atoms with van der Waals surface area (Å²) in [5.74, 6) is -0.297. The number of hydrogen-bond acceptors (Lipinski definition) is 4. The molecule has 25 heavy (non-hydrogen) atoms. The van der Waals surface area contributed by atoms with Gasteiger partial charge in [0, 0.05) is 12.6 Å².